The second-order valence-corrected chi connectivity index (χ2v) is 5.64. The van der Waals surface area contributed by atoms with Crippen LogP contribution in [0.1, 0.15) is 11.1 Å². The van der Waals surface area contributed by atoms with Gasteiger partial charge in [-0.15, -0.1) is 0 Å². The van der Waals surface area contributed by atoms with Crippen molar-refractivity contribution in [3.8, 4) is 0 Å². The third-order valence-corrected chi connectivity index (χ3v) is 3.95. The number of thioether (sulfide) groups is 1. The van der Waals surface area contributed by atoms with Crippen LogP contribution in [-0.2, 0) is 4.79 Å². The third-order valence-electron chi connectivity index (χ3n) is 2.87. The summed E-state index contributed by atoms with van der Waals surface area (Å²) in [6.07, 6.45) is 1.50. The first-order valence-corrected chi connectivity index (χ1v) is 7.22. The maximum atomic E-state index is 11.4. The fourth-order valence-corrected chi connectivity index (χ4v) is 2.67. The van der Waals surface area contributed by atoms with Gasteiger partial charge < -0.3 is 5.11 Å². The zero-order chi connectivity index (χ0) is 16.1. The van der Waals surface area contributed by atoms with Gasteiger partial charge in [-0.25, -0.2) is 4.79 Å². The van der Waals surface area contributed by atoms with Crippen LogP contribution in [0.3, 0.4) is 0 Å². The molecule has 0 heterocycles. The fraction of sp³-hybridized carbons (Fsp3) is 0.0625. The van der Waals surface area contributed by atoms with Crippen LogP contribution in [-0.4, -0.2) is 16.0 Å². The van der Waals surface area contributed by atoms with Gasteiger partial charge in [0.25, 0.3) is 5.69 Å². The van der Waals surface area contributed by atoms with Crippen LogP contribution in [0.5, 0.6) is 0 Å². The van der Waals surface area contributed by atoms with Crippen LogP contribution < -0.4 is 0 Å². The number of aryl methyl sites for hydroxylation is 1. The molecular weight excluding hydrogens is 302 g/mol. The third kappa shape index (κ3) is 3.95. The van der Waals surface area contributed by atoms with Crippen LogP contribution in [0, 0.1) is 17.0 Å². The minimum absolute atomic E-state index is 0.0261. The molecule has 0 unspecified atom stereocenters. The maximum Gasteiger partial charge on any atom is 0.342 e. The predicted octanol–water partition coefficient (Wildman–Crippen LogP) is 4.12. The van der Waals surface area contributed by atoms with Gasteiger partial charge in [0.05, 0.1) is 14.7 Å². The van der Waals surface area contributed by atoms with E-state index in [4.69, 9.17) is 0 Å². The lowest BCUT2D eigenvalue weighted by Crippen LogP contribution is -1.98. The number of rotatable bonds is 5. The second kappa shape index (κ2) is 6.91. The summed E-state index contributed by atoms with van der Waals surface area (Å²) in [5.41, 5.74) is 1.69. The summed E-state index contributed by atoms with van der Waals surface area (Å²) >= 11 is 0.871. The lowest BCUT2D eigenvalue weighted by Gasteiger charge is -2.04. The smallest absolute Gasteiger partial charge is 0.342 e. The second-order valence-electron chi connectivity index (χ2n) is 4.55. The Morgan fingerprint density at radius 3 is 2.41 bits per heavy atom. The highest BCUT2D eigenvalue weighted by Crippen LogP contribution is 2.35. The van der Waals surface area contributed by atoms with Gasteiger partial charge in [-0.1, -0.05) is 53.7 Å². The van der Waals surface area contributed by atoms with Crippen molar-refractivity contribution >= 4 is 29.5 Å². The van der Waals surface area contributed by atoms with Crippen molar-refractivity contribution in [1.29, 1.82) is 0 Å². The topological polar surface area (TPSA) is 80.4 Å². The molecule has 2 rings (SSSR count). The zero-order valence-electron chi connectivity index (χ0n) is 11.7. The first-order chi connectivity index (χ1) is 10.5. The largest absolute Gasteiger partial charge is 0.477 e. The van der Waals surface area contributed by atoms with Gasteiger partial charge in [-0.2, -0.15) is 0 Å². The Hall–Kier alpha value is -2.60. The Labute approximate surface area is 131 Å². The Balaban J connectivity index is 2.36. The zero-order valence-corrected chi connectivity index (χ0v) is 12.5. The van der Waals surface area contributed by atoms with Crippen molar-refractivity contribution in [2.45, 2.75) is 11.8 Å². The number of nitro groups is 1. The Morgan fingerprint density at radius 1 is 1.18 bits per heavy atom. The number of hydrogen-bond donors (Lipinski definition) is 1. The Morgan fingerprint density at radius 2 is 1.82 bits per heavy atom. The van der Waals surface area contributed by atoms with E-state index < -0.39 is 10.9 Å². The molecule has 0 saturated carbocycles. The van der Waals surface area contributed by atoms with E-state index in [2.05, 4.69) is 0 Å². The van der Waals surface area contributed by atoms with E-state index in [1.165, 1.54) is 18.2 Å². The molecule has 5 nitrogen and oxygen atoms in total. The molecule has 0 saturated heterocycles. The van der Waals surface area contributed by atoms with E-state index in [9.17, 15) is 20.0 Å². The minimum atomic E-state index is -1.12. The van der Waals surface area contributed by atoms with Crippen LogP contribution in [0.25, 0.3) is 6.08 Å². The summed E-state index contributed by atoms with van der Waals surface area (Å²) < 4.78 is 0. The van der Waals surface area contributed by atoms with E-state index in [0.717, 1.165) is 22.9 Å². The predicted molar refractivity (Wildman–Crippen MR) is 85.7 cm³/mol. The number of hydrogen-bond acceptors (Lipinski definition) is 4. The summed E-state index contributed by atoms with van der Waals surface area (Å²) in [7, 11) is 0. The van der Waals surface area contributed by atoms with E-state index in [0.29, 0.717) is 4.90 Å². The number of para-hydroxylation sites is 1. The van der Waals surface area contributed by atoms with Gasteiger partial charge in [0.2, 0.25) is 0 Å². The molecule has 0 spiro atoms. The summed E-state index contributed by atoms with van der Waals surface area (Å²) in [5, 5.41) is 20.3. The summed E-state index contributed by atoms with van der Waals surface area (Å²) in [6, 6.07) is 13.4. The normalized spacial score (nSPS) is 11.2. The quantitative estimate of drug-likeness (QED) is 0.388. The van der Waals surface area contributed by atoms with E-state index >= 15 is 0 Å². The van der Waals surface area contributed by atoms with Gasteiger partial charge in [0.15, 0.2) is 0 Å². The number of nitro benzene ring substituents is 1. The van der Waals surface area contributed by atoms with Gasteiger partial charge in [0.1, 0.15) is 0 Å². The molecule has 6 heteroatoms. The number of carboxylic acid groups (broad SMARTS) is 1. The number of nitrogens with zero attached hydrogens (tertiary/aromatic N) is 1. The monoisotopic (exact) mass is 315 g/mol. The van der Waals surface area contributed by atoms with Crippen molar-refractivity contribution in [1.82, 2.24) is 0 Å². The SMILES string of the molecule is Cc1ccc(/C=C(\Sc2ccccc2[N+](=O)[O-])C(=O)O)cc1. The van der Waals surface area contributed by atoms with Crippen LogP contribution in [0.2, 0.25) is 0 Å². The highest BCUT2D eigenvalue weighted by Gasteiger charge is 2.18. The van der Waals surface area contributed by atoms with E-state index in [1.807, 2.05) is 19.1 Å². The van der Waals surface area contributed by atoms with Crippen molar-refractivity contribution in [3.63, 3.8) is 0 Å². The highest BCUT2D eigenvalue weighted by atomic mass is 32.2. The summed E-state index contributed by atoms with van der Waals surface area (Å²) in [4.78, 5) is 22.2. The molecule has 22 heavy (non-hydrogen) atoms. The molecule has 112 valence electrons. The molecule has 0 aliphatic carbocycles. The van der Waals surface area contributed by atoms with Gasteiger partial charge in [-0.3, -0.25) is 10.1 Å². The first kappa shape index (κ1) is 15.8. The maximum absolute atomic E-state index is 11.4. The Bertz CT molecular complexity index is 738. The standard InChI is InChI=1S/C16H13NO4S/c1-11-6-8-12(9-7-11)10-15(16(18)19)22-14-5-3-2-4-13(14)17(20)21/h2-10H,1H3,(H,18,19)/b15-10-. The number of carboxylic acids is 1. The molecule has 0 aliphatic rings. The van der Waals surface area contributed by atoms with Crippen molar-refractivity contribution < 1.29 is 14.8 Å². The summed E-state index contributed by atoms with van der Waals surface area (Å²) in [6.45, 7) is 1.94. The highest BCUT2D eigenvalue weighted by molar-refractivity contribution is 8.04. The van der Waals surface area contributed by atoms with Crippen LogP contribution >= 0.6 is 11.8 Å². The molecule has 2 aromatic rings. The van der Waals surface area contributed by atoms with E-state index in [-0.39, 0.29) is 10.6 Å². The molecule has 0 fully saturated rings. The van der Waals surface area contributed by atoms with Crippen LogP contribution in [0.15, 0.2) is 58.3 Å². The first-order valence-electron chi connectivity index (χ1n) is 6.40. The lowest BCUT2D eigenvalue weighted by molar-refractivity contribution is -0.387. The number of benzene rings is 2. The average Bonchev–Trinajstić information content (AvgIpc) is 2.49. The molecular formula is C16H13NO4S. The number of aliphatic carboxylic acids is 1. The van der Waals surface area contributed by atoms with Crippen molar-refractivity contribution in [2.24, 2.45) is 0 Å². The van der Waals surface area contributed by atoms with Gasteiger partial charge >= 0.3 is 5.97 Å². The molecule has 0 aromatic heterocycles. The van der Waals surface area contributed by atoms with E-state index in [1.54, 1.807) is 24.3 Å². The van der Waals surface area contributed by atoms with Crippen LogP contribution in [0.4, 0.5) is 5.69 Å². The number of carbonyl (C=O) groups is 1. The Kier molecular flexibility index (Phi) is 4.95. The molecule has 0 aliphatic heterocycles. The van der Waals surface area contributed by atoms with Crippen molar-refractivity contribution in [2.75, 3.05) is 0 Å². The van der Waals surface area contributed by atoms with Gasteiger partial charge in [-0.05, 0) is 24.6 Å². The molecule has 2 aromatic carbocycles. The average molecular weight is 315 g/mol. The lowest BCUT2D eigenvalue weighted by atomic mass is 10.1. The minimum Gasteiger partial charge on any atom is -0.477 e. The molecule has 0 amide bonds. The molecule has 0 atom stereocenters. The summed E-state index contributed by atoms with van der Waals surface area (Å²) in [5.74, 6) is -1.12. The van der Waals surface area contributed by atoms with Crippen molar-refractivity contribution in [3.05, 3.63) is 74.7 Å². The van der Waals surface area contributed by atoms with Gasteiger partial charge in [0, 0.05) is 6.07 Å². The fourth-order valence-electron chi connectivity index (χ4n) is 1.76. The molecule has 1 N–H and O–H groups in total. The molecule has 0 radical (unpaired) electrons. The molecule has 0 bridgehead atoms.